The molecule has 2 rings (SSSR count). The average molecular weight is 308 g/mol. The number of nitrogens with zero attached hydrogens (tertiary/aromatic N) is 2. The summed E-state index contributed by atoms with van der Waals surface area (Å²) in [5.41, 5.74) is 1.14. The summed E-state index contributed by atoms with van der Waals surface area (Å²) in [7, 11) is 1.58. The molecule has 0 aliphatic heterocycles. The minimum Gasteiger partial charge on any atom is -0.493 e. The Bertz CT molecular complexity index is 627. The van der Waals surface area contributed by atoms with Crippen molar-refractivity contribution in [2.45, 2.75) is 20.3 Å². The molecule has 0 fully saturated rings. The van der Waals surface area contributed by atoms with Crippen LogP contribution in [-0.4, -0.2) is 29.9 Å². The largest absolute Gasteiger partial charge is 0.493 e. The monoisotopic (exact) mass is 308 g/mol. The molecule has 21 heavy (non-hydrogen) atoms. The Morgan fingerprint density at radius 2 is 2.05 bits per heavy atom. The van der Waals surface area contributed by atoms with Crippen molar-refractivity contribution in [1.82, 2.24) is 10.2 Å². The van der Waals surface area contributed by atoms with Gasteiger partial charge in [-0.25, -0.2) is 4.79 Å². The highest BCUT2D eigenvalue weighted by Crippen LogP contribution is 2.33. The minimum absolute atomic E-state index is 0.163. The van der Waals surface area contributed by atoms with Gasteiger partial charge in [-0.2, -0.15) is 0 Å². The Kier molecular flexibility index (Phi) is 5.10. The van der Waals surface area contributed by atoms with E-state index in [1.807, 2.05) is 18.2 Å². The minimum atomic E-state index is -0.502. The van der Waals surface area contributed by atoms with E-state index < -0.39 is 5.97 Å². The normalized spacial score (nSPS) is 10.2. The first-order valence-electron chi connectivity index (χ1n) is 6.53. The second-order valence-corrected chi connectivity index (χ2v) is 4.97. The van der Waals surface area contributed by atoms with Crippen LogP contribution in [0.5, 0.6) is 16.7 Å². The zero-order valence-corrected chi connectivity index (χ0v) is 12.9. The summed E-state index contributed by atoms with van der Waals surface area (Å²) < 4.78 is 15.8. The van der Waals surface area contributed by atoms with Gasteiger partial charge in [0.2, 0.25) is 5.01 Å². The van der Waals surface area contributed by atoms with Crippen molar-refractivity contribution < 1.29 is 19.0 Å². The second kappa shape index (κ2) is 7.03. The van der Waals surface area contributed by atoms with Gasteiger partial charge < -0.3 is 14.2 Å². The van der Waals surface area contributed by atoms with E-state index in [9.17, 15) is 4.79 Å². The van der Waals surface area contributed by atoms with Gasteiger partial charge in [0, 0.05) is 0 Å². The summed E-state index contributed by atoms with van der Waals surface area (Å²) in [6.45, 7) is 4.09. The van der Waals surface area contributed by atoms with Crippen LogP contribution < -0.4 is 9.47 Å². The van der Waals surface area contributed by atoms with Crippen LogP contribution in [0.3, 0.4) is 0 Å². The van der Waals surface area contributed by atoms with Crippen LogP contribution in [0.1, 0.15) is 29.2 Å². The number of aryl methyl sites for hydroxylation is 1. The number of hydrogen-bond acceptors (Lipinski definition) is 7. The number of carbonyl (C=O) groups excluding carboxylic acids is 1. The molecule has 0 unspecified atom stereocenters. The van der Waals surface area contributed by atoms with Gasteiger partial charge in [-0.05, 0) is 42.4 Å². The summed E-state index contributed by atoms with van der Waals surface area (Å²) in [6.07, 6.45) is 0.905. The highest BCUT2D eigenvalue weighted by atomic mass is 32.1. The molecule has 0 saturated carbocycles. The molecule has 0 amide bonds. The number of aromatic nitrogens is 2. The fourth-order valence-corrected chi connectivity index (χ4v) is 2.24. The van der Waals surface area contributed by atoms with Gasteiger partial charge in [0.05, 0.1) is 13.7 Å². The van der Waals surface area contributed by atoms with Gasteiger partial charge >= 0.3 is 5.97 Å². The first-order valence-corrected chi connectivity index (χ1v) is 7.35. The van der Waals surface area contributed by atoms with Gasteiger partial charge in [-0.3, -0.25) is 0 Å². The molecule has 0 aliphatic carbocycles. The lowest BCUT2D eigenvalue weighted by Gasteiger charge is -2.09. The molecule has 7 heteroatoms. The Labute approximate surface area is 126 Å². The molecular weight excluding hydrogens is 292 g/mol. The fourth-order valence-electron chi connectivity index (χ4n) is 1.64. The molecule has 0 bridgehead atoms. The summed E-state index contributed by atoms with van der Waals surface area (Å²) in [5.74, 6) is 0.640. The van der Waals surface area contributed by atoms with Crippen LogP contribution in [0.15, 0.2) is 18.2 Å². The average Bonchev–Trinajstić information content (AvgIpc) is 2.96. The molecular formula is C14H16N2O4S. The van der Waals surface area contributed by atoms with Gasteiger partial charge in [0.15, 0.2) is 11.5 Å². The number of ether oxygens (including phenoxy) is 3. The lowest BCUT2D eigenvalue weighted by molar-refractivity contribution is 0.0525. The van der Waals surface area contributed by atoms with Crippen LogP contribution in [0.25, 0.3) is 0 Å². The van der Waals surface area contributed by atoms with Crippen LogP contribution in [0.4, 0.5) is 0 Å². The van der Waals surface area contributed by atoms with Gasteiger partial charge in [0.25, 0.3) is 5.19 Å². The topological polar surface area (TPSA) is 70.5 Å². The van der Waals surface area contributed by atoms with Gasteiger partial charge in [-0.15, -0.1) is 5.10 Å². The smallest absolute Gasteiger partial charge is 0.369 e. The maximum absolute atomic E-state index is 11.5. The molecule has 1 heterocycles. The molecule has 0 saturated heterocycles. The predicted molar refractivity (Wildman–Crippen MR) is 78.3 cm³/mol. The van der Waals surface area contributed by atoms with Crippen molar-refractivity contribution in [1.29, 1.82) is 0 Å². The highest BCUT2D eigenvalue weighted by Gasteiger charge is 2.16. The van der Waals surface area contributed by atoms with Crippen LogP contribution in [-0.2, 0) is 11.2 Å². The van der Waals surface area contributed by atoms with E-state index in [2.05, 4.69) is 17.1 Å². The Morgan fingerprint density at radius 3 is 2.71 bits per heavy atom. The lowest BCUT2D eigenvalue weighted by Crippen LogP contribution is -2.03. The summed E-state index contributed by atoms with van der Waals surface area (Å²) in [6, 6.07) is 5.66. The number of benzene rings is 1. The van der Waals surface area contributed by atoms with E-state index in [0.717, 1.165) is 23.3 Å². The maximum atomic E-state index is 11.5. The molecule has 0 aliphatic rings. The van der Waals surface area contributed by atoms with Crippen molar-refractivity contribution >= 4 is 17.3 Å². The van der Waals surface area contributed by atoms with E-state index in [0.29, 0.717) is 18.1 Å². The lowest BCUT2D eigenvalue weighted by atomic mass is 10.1. The van der Waals surface area contributed by atoms with Crippen LogP contribution in [0.2, 0.25) is 0 Å². The highest BCUT2D eigenvalue weighted by molar-refractivity contribution is 7.14. The third-order valence-corrected chi connectivity index (χ3v) is 3.47. The number of esters is 1. The van der Waals surface area contributed by atoms with Crippen molar-refractivity contribution in [3.05, 3.63) is 28.8 Å². The summed E-state index contributed by atoms with van der Waals surface area (Å²) >= 11 is 1.03. The fraction of sp³-hybridized carbons (Fsp3) is 0.357. The Morgan fingerprint density at radius 1 is 1.24 bits per heavy atom. The zero-order valence-electron chi connectivity index (χ0n) is 12.1. The SMILES string of the molecule is CCOC(=O)c1nnc(Oc2ccc(CC)cc2OC)s1. The first-order chi connectivity index (χ1) is 10.2. The van der Waals surface area contributed by atoms with E-state index >= 15 is 0 Å². The van der Waals surface area contributed by atoms with Crippen LogP contribution >= 0.6 is 11.3 Å². The maximum Gasteiger partial charge on any atom is 0.369 e. The predicted octanol–water partition coefficient (Wildman–Crippen LogP) is 3.08. The summed E-state index contributed by atoms with van der Waals surface area (Å²) in [4.78, 5) is 11.5. The molecule has 0 N–H and O–H groups in total. The molecule has 0 atom stereocenters. The zero-order chi connectivity index (χ0) is 15.2. The van der Waals surface area contributed by atoms with Crippen molar-refractivity contribution in [2.24, 2.45) is 0 Å². The molecule has 1 aromatic heterocycles. The molecule has 112 valence electrons. The molecule has 6 nitrogen and oxygen atoms in total. The van der Waals surface area contributed by atoms with Gasteiger partial charge in [0.1, 0.15) is 0 Å². The molecule has 0 spiro atoms. The second-order valence-electron chi connectivity index (χ2n) is 4.03. The van der Waals surface area contributed by atoms with Crippen molar-refractivity contribution in [3.63, 3.8) is 0 Å². The van der Waals surface area contributed by atoms with Crippen LogP contribution in [0, 0.1) is 0 Å². The molecule has 0 radical (unpaired) electrons. The number of carbonyl (C=O) groups is 1. The third kappa shape index (κ3) is 3.69. The Balaban J connectivity index is 2.16. The molecule has 1 aromatic carbocycles. The summed E-state index contributed by atoms with van der Waals surface area (Å²) in [5, 5.41) is 8.00. The van der Waals surface area contributed by atoms with Gasteiger partial charge in [-0.1, -0.05) is 18.1 Å². The first kappa shape index (κ1) is 15.2. The van der Waals surface area contributed by atoms with E-state index in [4.69, 9.17) is 14.2 Å². The van der Waals surface area contributed by atoms with E-state index in [-0.39, 0.29) is 10.2 Å². The van der Waals surface area contributed by atoms with E-state index in [1.54, 1.807) is 14.0 Å². The number of methoxy groups -OCH3 is 1. The van der Waals surface area contributed by atoms with Crippen molar-refractivity contribution in [3.8, 4) is 16.7 Å². The standard InChI is InChI=1S/C14H16N2O4S/c1-4-9-6-7-10(11(8-9)18-3)20-14-16-15-12(21-14)13(17)19-5-2/h6-8H,4-5H2,1-3H3. The Hall–Kier alpha value is -2.15. The van der Waals surface area contributed by atoms with Crippen molar-refractivity contribution in [2.75, 3.05) is 13.7 Å². The third-order valence-electron chi connectivity index (χ3n) is 2.69. The van der Waals surface area contributed by atoms with E-state index in [1.165, 1.54) is 0 Å². The number of hydrogen-bond donors (Lipinski definition) is 0. The molecule has 2 aromatic rings. The quantitative estimate of drug-likeness (QED) is 0.764. The number of rotatable bonds is 6.